The number of halogens is 1. The zero-order valence-corrected chi connectivity index (χ0v) is 18.6. The van der Waals surface area contributed by atoms with E-state index in [1.165, 1.54) is 0 Å². The first-order valence-electron chi connectivity index (χ1n) is 9.62. The van der Waals surface area contributed by atoms with Crippen LogP contribution in [-0.4, -0.2) is 26.3 Å². The predicted molar refractivity (Wildman–Crippen MR) is 123 cm³/mol. The molecule has 1 saturated heterocycles. The minimum absolute atomic E-state index is 0.215. The van der Waals surface area contributed by atoms with Crippen molar-refractivity contribution >= 4 is 40.0 Å². The Kier molecular flexibility index (Phi) is 4.50. The second-order valence-corrected chi connectivity index (χ2v) is 9.04. The molecule has 0 bridgehead atoms. The molecule has 2 aromatic carbocycles. The van der Waals surface area contributed by atoms with Crippen LogP contribution in [0.4, 0.5) is 10.5 Å². The van der Waals surface area contributed by atoms with Crippen molar-refractivity contribution in [1.82, 2.24) is 14.6 Å². The van der Waals surface area contributed by atoms with Gasteiger partial charge in [0.25, 0.3) is 0 Å². The van der Waals surface area contributed by atoms with Crippen molar-refractivity contribution in [2.24, 2.45) is 0 Å². The lowest BCUT2D eigenvalue weighted by Gasteiger charge is -2.29. The summed E-state index contributed by atoms with van der Waals surface area (Å²) in [5, 5.41) is 8.60. The monoisotopic (exact) mass is 510 g/mol. The van der Waals surface area contributed by atoms with Gasteiger partial charge in [0.15, 0.2) is 11.5 Å². The number of carbonyl (C=O) groups is 1. The third-order valence-electron chi connectivity index (χ3n) is 5.35. The van der Waals surface area contributed by atoms with Gasteiger partial charge in [-0.2, -0.15) is 0 Å². The van der Waals surface area contributed by atoms with Gasteiger partial charge in [0.2, 0.25) is 0 Å². The van der Waals surface area contributed by atoms with E-state index in [0.29, 0.717) is 0 Å². The fourth-order valence-electron chi connectivity index (χ4n) is 4.02. The van der Waals surface area contributed by atoms with E-state index in [0.717, 1.165) is 31.9 Å². The number of hydrogen-bond acceptors (Lipinski definition) is 4. The predicted octanol–water partition coefficient (Wildman–Crippen LogP) is 5.48. The Morgan fingerprint density at radius 1 is 1.00 bits per heavy atom. The number of nitrogens with zero attached hydrogens (tertiary/aromatic N) is 4. The fraction of sp³-hybridized carbons (Fsp3) is 0.174. The van der Waals surface area contributed by atoms with Gasteiger partial charge in [0.05, 0.1) is 0 Å². The Morgan fingerprint density at radius 3 is 2.47 bits per heavy atom. The van der Waals surface area contributed by atoms with Gasteiger partial charge < -0.3 is 4.74 Å². The van der Waals surface area contributed by atoms with Crippen molar-refractivity contribution in [3.8, 4) is 11.4 Å². The number of pyridine rings is 1. The van der Waals surface area contributed by atoms with E-state index in [1.807, 2.05) is 91.2 Å². The normalized spacial score (nSPS) is 18.0. The number of rotatable bonds is 3. The summed E-state index contributed by atoms with van der Waals surface area (Å²) in [5.74, 6) is 0.761. The third kappa shape index (κ3) is 3.13. The minimum Gasteiger partial charge on any atom is -0.441 e. The molecule has 0 spiro atoms. The van der Waals surface area contributed by atoms with Gasteiger partial charge in [-0.1, -0.05) is 30.3 Å². The van der Waals surface area contributed by atoms with E-state index < -0.39 is 5.60 Å². The first kappa shape index (κ1) is 19.0. The average Bonchev–Trinajstić information content (AvgIpc) is 3.25. The molecule has 0 radical (unpaired) electrons. The number of cyclic esters (lactones) is 1. The van der Waals surface area contributed by atoms with Crippen LogP contribution in [0, 0.1) is 3.57 Å². The smallest absolute Gasteiger partial charge is 0.415 e. The SMILES string of the molecule is CC1(C)OC(=O)N(c2ccc(-c3nnc4cc(I)ccn34)cc2)[C@H]1c1ccccc1. The van der Waals surface area contributed by atoms with E-state index in [-0.39, 0.29) is 12.1 Å². The maximum Gasteiger partial charge on any atom is 0.415 e. The Bertz CT molecular complexity index is 1240. The van der Waals surface area contributed by atoms with Crippen LogP contribution in [0.1, 0.15) is 25.5 Å². The molecule has 150 valence electrons. The summed E-state index contributed by atoms with van der Waals surface area (Å²) < 4.78 is 8.78. The maximum atomic E-state index is 12.8. The molecule has 6 nitrogen and oxygen atoms in total. The largest absolute Gasteiger partial charge is 0.441 e. The van der Waals surface area contributed by atoms with Crippen molar-refractivity contribution in [1.29, 1.82) is 0 Å². The van der Waals surface area contributed by atoms with Gasteiger partial charge in [-0.05, 0) is 78.4 Å². The molecule has 1 aliphatic rings. The molecule has 2 aromatic heterocycles. The summed E-state index contributed by atoms with van der Waals surface area (Å²) in [5.41, 5.74) is 2.91. The Labute approximate surface area is 187 Å². The number of benzene rings is 2. The number of carbonyl (C=O) groups excluding carboxylic acids is 1. The van der Waals surface area contributed by atoms with Gasteiger partial charge in [-0.25, -0.2) is 4.79 Å². The molecule has 7 heteroatoms. The van der Waals surface area contributed by atoms with Crippen molar-refractivity contribution in [3.05, 3.63) is 82.1 Å². The van der Waals surface area contributed by atoms with Crippen LogP contribution in [0.25, 0.3) is 17.0 Å². The Hall–Kier alpha value is -2.94. The Morgan fingerprint density at radius 2 is 1.73 bits per heavy atom. The molecule has 1 amide bonds. The molecule has 5 rings (SSSR count). The molecule has 4 aromatic rings. The lowest BCUT2D eigenvalue weighted by Crippen LogP contribution is -2.33. The van der Waals surface area contributed by atoms with Crippen molar-refractivity contribution in [3.63, 3.8) is 0 Å². The van der Waals surface area contributed by atoms with Crippen LogP contribution in [-0.2, 0) is 4.74 Å². The minimum atomic E-state index is -0.641. The maximum absolute atomic E-state index is 12.8. The average molecular weight is 510 g/mol. The van der Waals surface area contributed by atoms with Crippen LogP contribution < -0.4 is 4.90 Å². The lowest BCUT2D eigenvalue weighted by molar-refractivity contribution is 0.0685. The highest BCUT2D eigenvalue weighted by molar-refractivity contribution is 14.1. The van der Waals surface area contributed by atoms with Gasteiger partial charge in [-0.15, -0.1) is 10.2 Å². The topological polar surface area (TPSA) is 59.7 Å². The highest BCUT2D eigenvalue weighted by Gasteiger charge is 2.49. The molecule has 1 aliphatic heterocycles. The zero-order valence-electron chi connectivity index (χ0n) is 16.5. The second kappa shape index (κ2) is 7.09. The van der Waals surface area contributed by atoms with E-state index >= 15 is 0 Å². The summed E-state index contributed by atoms with van der Waals surface area (Å²) in [6.45, 7) is 3.89. The summed E-state index contributed by atoms with van der Waals surface area (Å²) in [6, 6.07) is 21.6. The van der Waals surface area contributed by atoms with Gasteiger partial charge in [0.1, 0.15) is 11.6 Å². The van der Waals surface area contributed by atoms with Crippen LogP contribution in [0.2, 0.25) is 0 Å². The summed E-state index contributed by atoms with van der Waals surface area (Å²) >= 11 is 2.26. The number of aromatic nitrogens is 3. The molecule has 1 atom stereocenters. The number of ether oxygens (including phenoxy) is 1. The summed E-state index contributed by atoms with van der Waals surface area (Å²) in [4.78, 5) is 14.5. The quantitative estimate of drug-likeness (QED) is 0.343. The van der Waals surface area contributed by atoms with Crippen LogP contribution >= 0.6 is 22.6 Å². The molecule has 1 fully saturated rings. The van der Waals surface area contributed by atoms with Crippen molar-refractivity contribution in [2.75, 3.05) is 4.90 Å². The van der Waals surface area contributed by atoms with Gasteiger partial charge in [-0.3, -0.25) is 9.30 Å². The highest BCUT2D eigenvalue weighted by Crippen LogP contribution is 2.43. The number of anilines is 1. The van der Waals surface area contributed by atoms with Gasteiger partial charge >= 0.3 is 6.09 Å². The molecule has 0 saturated carbocycles. The zero-order chi connectivity index (χ0) is 20.9. The van der Waals surface area contributed by atoms with Crippen LogP contribution in [0.15, 0.2) is 72.9 Å². The molecular weight excluding hydrogens is 491 g/mol. The number of fused-ring (bicyclic) bond motifs is 1. The van der Waals surface area contributed by atoms with E-state index in [4.69, 9.17) is 4.74 Å². The molecule has 0 unspecified atom stereocenters. The van der Waals surface area contributed by atoms with Gasteiger partial charge in [0, 0.05) is 21.0 Å². The first-order valence-corrected chi connectivity index (χ1v) is 10.7. The standard InChI is InChI=1S/C23H19IN4O2/c1-23(2)20(15-6-4-3-5-7-15)28(22(29)30-23)18-10-8-16(9-11-18)21-26-25-19-14-17(24)12-13-27(19)21/h3-14,20H,1-2H3/t20-/m0/s1. The summed E-state index contributed by atoms with van der Waals surface area (Å²) in [7, 11) is 0. The van der Waals surface area contributed by atoms with Crippen molar-refractivity contribution < 1.29 is 9.53 Å². The molecule has 3 heterocycles. The molecule has 0 aliphatic carbocycles. The van der Waals surface area contributed by atoms with Crippen LogP contribution in [0.5, 0.6) is 0 Å². The summed E-state index contributed by atoms with van der Waals surface area (Å²) in [6.07, 6.45) is 1.62. The van der Waals surface area contributed by atoms with Crippen molar-refractivity contribution in [2.45, 2.75) is 25.5 Å². The highest BCUT2D eigenvalue weighted by atomic mass is 127. The molecule has 30 heavy (non-hydrogen) atoms. The van der Waals surface area contributed by atoms with E-state index in [1.54, 1.807) is 4.90 Å². The van der Waals surface area contributed by atoms with E-state index in [9.17, 15) is 4.79 Å². The second-order valence-electron chi connectivity index (χ2n) is 7.80. The lowest BCUT2D eigenvalue weighted by atomic mass is 9.91. The Balaban J connectivity index is 1.53. The first-order chi connectivity index (χ1) is 14.4. The number of hydrogen-bond donors (Lipinski definition) is 0. The molecular formula is C23H19IN4O2. The van der Waals surface area contributed by atoms with Crippen LogP contribution in [0.3, 0.4) is 0 Å². The van der Waals surface area contributed by atoms with E-state index in [2.05, 4.69) is 32.8 Å². The third-order valence-corrected chi connectivity index (χ3v) is 6.03. The number of amides is 1. The fourth-order valence-corrected chi connectivity index (χ4v) is 4.46. The molecule has 0 N–H and O–H groups in total.